The first-order valence-corrected chi connectivity index (χ1v) is 6.73. The van der Waals surface area contributed by atoms with E-state index in [2.05, 4.69) is 12.2 Å². The van der Waals surface area contributed by atoms with E-state index in [0.717, 1.165) is 38.0 Å². The summed E-state index contributed by atoms with van der Waals surface area (Å²) in [6.07, 6.45) is -1.44. The van der Waals surface area contributed by atoms with Crippen LogP contribution in [0.1, 0.15) is 31.7 Å². The van der Waals surface area contributed by atoms with Crippen molar-refractivity contribution in [1.82, 2.24) is 0 Å². The van der Waals surface area contributed by atoms with Crippen LogP contribution in [0.5, 0.6) is 0 Å². The highest BCUT2D eigenvalue weighted by Gasteiger charge is 2.30. The summed E-state index contributed by atoms with van der Waals surface area (Å²) >= 11 is 0. The quantitative estimate of drug-likeness (QED) is 0.564. The average Bonchev–Trinajstić information content (AvgIpc) is 2.38. The van der Waals surface area contributed by atoms with Crippen molar-refractivity contribution >= 4 is 11.4 Å². The molecule has 0 aliphatic rings. The molecule has 0 aliphatic carbocycles. The van der Waals surface area contributed by atoms with Crippen molar-refractivity contribution in [2.45, 2.75) is 32.4 Å². The van der Waals surface area contributed by atoms with Crippen LogP contribution < -0.4 is 11.1 Å². The number of unbranched alkanes of at least 4 members (excludes halogenated alkanes) is 1. The minimum Gasteiger partial charge on any atom is -0.397 e. The van der Waals surface area contributed by atoms with Crippen LogP contribution in [-0.2, 0) is 10.9 Å². The molecule has 0 saturated heterocycles. The Kier molecular flexibility index (Phi) is 6.64. The van der Waals surface area contributed by atoms with Crippen LogP contribution in [0.4, 0.5) is 24.5 Å². The fourth-order valence-electron chi connectivity index (χ4n) is 1.65. The van der Waals surface area contributed by atoms with Crippen LogP contribution in [0.25, 0.3) is 0 Å². The number of nitrogens with two attached hydrogens (primary N) is 1. The number of anilines is 2. The number of hydrogen-bond donors (Lipinski definition) is 2. The zero-order valence-corrected chi connectivity index (χ0v) is 11.6. The van der Waals surface area contributed by atoms with Gasteiger partial charge in [0.2, 0.25) is 0 Å². The molecule has 114 valence electrons. The average molecular weight is 290 g/mol. The molecule has 0 amide bonds. The van der Waals surface area contributed by atoms with E-state index in [1.54, 1.807) is 0 Å². The maximum atomic E-state index is 12.5. The second-order valence-corrected chi connectivity index (χ2v) is 4.55. The van der Waals surface area contributed by atoms with Crippen LogP contribution in [-0.4, -0.2) is 19.8 Å². The lowest BCUT2D eigenvalue weighted by atomic mass is 10.1. The van der Waals surface area contributed by atoms with Crippen LogP contribution in [0.2, 0.25) is 0 Å². The number of benzene rings is 1. The van der Waals surface area contributed by atoms with E-state index in [-0.39, 0.29) is 5.69 Å². The predicted octanol–water partition coefficient (Wildman–Crippen LogP) is 3.91. The predicted molar refractivity (Wildman–Crippen MR) is 74.7 cm³/mol. The second kappa shape index (κ2) is 7.99. The smallest absolute Gasteiger partial charge is 0.397 e. The summed E-state index contributed by atoms with van der Waals surface area (Å²) in [5, 5.41) is 3.01. The fourth-order valence-corrected chi connectivity index (χ4v) is 1.65. The zero-order valence-electron chi connectivity index (χ0n) is 11.6. The van der Waals surface area contributed by atoms with Gasteiger partial charge >= 0.3 is 6.18 Å². The molecule has 1 aromatic carbocycles. The summed E-state index contributed by atoms with van der Waals surface area (Å²) < 4.78 is 42.8. The van der Waals surface area contributed by atoms with Crippen molar-refractivity contribution in [2.75, 3.05) is 30.8 Å². The SMILES string of the molecule is CCCCOCCCNc1ccc(C(F)(F)F)cc1N. The first kappa shape index (κ1) is 16.6. The lowest BCUT2D eigenvalue weighted by Crippen LogP contribution is -2.10. The van der Waals surface area contributed by atoms with E-state index in [9.17, 15) is 13.2 Å². The van der Waals surface area contributed by atoms with Gasteiger partial charge in [0.25, 0.3) is 0 Å². The van der Waals surface area contributed by atoms with Crippen LogP contribution >= 0.6 is 0 Å². The van der Waals surface area contributed by atoms with Gasteiger partial charge in [0, 0.05) is 19.8 Å². The van der Waals surface area contributed by atoms with Crippen molar-refractivity contribution in [3.05, 3.63) is 23.8 Å². The minimum atomic E-state index is -4.36. The van der Waals surface area contributed by atoms with Crippen molar-refractivity contribution in [3.8, 4) is 0 Å². The summed E-state index contributed by atoms with van der Waals surface area (Å²) in [5.41, 5.74) is 5.50. The van der Waals surface area contributed by atoms with E-state index in [0.29, 0.717) is 18.8 Å². The number of alkyl halides is 3. The third-order valence-electron chi connectivity index (χ3n) is 2.80. The Balaban J connectivity index is 2.34. The zero-order chi connectivity index (χ0) is 15.0. The molecular weight excluding hydrogens is 269 g/mol. The maximum absolute atomic E-state index is 12.5. The van der Waals surface area contributed by atoms with Gasteiger partial charge in [0.05, 0.1) is 16.9 Å². The van der Waals surface area contributed by atoms with Gasteiger partial charge in [-0.25, -0.2) is 0 Å². The van der Waals surface area contributed by atoms with Crippen molar-refractivity contribution < 1.29 is 17.9 Å². The van der Waals surface area contributed by atoms with Gasteiger partial charge in [-0.1, -0.05) is 13.3 Å². The number of hydrogen-bond acceptors (Lipinski definition) is 3. The Hall–Kier alpha value is -1.43. The summed E-state index contributed by atoms with van der Waals surface area (Å²) in [7, 11) is 0. The topological polar surface area (TPSA) is 47.3 Å². The summed E-state index contributed by atoms with van der Waals surface area (Å²) in [6, 6.07) is 3.33. The van der Waals surface area contributed by atoms with Gasteiger partial charge in [0.15, 0.2) is 0 Å². The molecule has 0 aromatic heterocycles. The summed E-state index contributed by atoms with van der Waals surface area (Å²) in [5.74, 6) is 0. The molecule has 0 fully saturated rings. The van der Waals surface area contributed by atoms with E-state index < -0.39 is 11.7 Å². The Morgan fingerprint density at radius 3 is 2.50 bits per heavy atom. The third-order valence-corrected chi connectivity index (χ3v) is 2.80. The van der Waals surface area contributed by atoms with Crippen LogP contribution in [0.3, 0.4) is 0 Å². The van der Waals surface area contributed by atoms with E-state index in [1.807, 2.05) is 0 Å². The van der Waals surface area contributed by atoms with Gasteiger partial charge in [-0.2, -0.15) is 13.2 Å². The van der Waals surface area contributed by atoms with E-state index in [4.69, 9.17) is 10.5 Å². The van der Waals surface area contributed by atoms with Gasteiger partial charge in [-0.3, -0.25) is 0 Å². The number of rotatable bonds is 8. The number of ether oxygens (including phenoxy) is 1. The lowest BCUT2D eigenvalue weighted by molar-refractivity contribution is -0.137. The monoisotopic (exact) mass is 290 g/mol. The minimum absolute atomic E-state index is 0.103. The first-order valence-electron chi connectivity index (χ1n) is 6.73. The molecule has 0 radical (unpaired) electrons. The summed E-state index contributed by atoms with van der Waals surface area (Å²) in [6.45, 7) is 4.09. The Morgan fingerprint density at radius 2 is 1.90 bits per heavy atom. The highest BCUT2D eigenvalue weighted by Crippen LogP contribution is 2.32. The van der Waals surface area contributed by atoms with Crippen molar-refractivity contribution in [1.29, 1.82) is 0 Å². The Morgan fingerprint density at radius 1 is 1.20 bits per heavy atom. The standard InChI is InChI=1S/C14H21F3N2O/c1-2-3-8-20-9-4-7-19-13-6-5-11(10-12(13)18)14(15,16)17/h5-6,10,19H,2-4,7-9,18H2,1H3. The molecular formula is C14H21F3N2O. The molecule has 0 spiro atoms. The second-order valence-electron chi connectivity index (χ2n) is 4.55. The molecule has 20 heavy (non-hydrogen) atoms. The number of nitrogens with one attached hydrogen (secondary N) is 1. The van der Waals surface area contributed by atoms with E-state index in [1.165, 1.54) is 6.07 Å². The maximum Gasteiger partial charge on any atom is 0.416 e. The lowest BCUT2D eigenvalue weighted by Gasteiger charge is -2.12. The molecule has 1 rings (SSSR count). The molecule has 0 saturated carbocycles. The molecule has 3 N–H and O–H groups in total. The molecule has 0 unspecified atom stereocenters. The molecule has 0 bridgehead atoms. The molecule has 0 aliphatic heterocycles. The normalized spacial score (nSPS) is 11.6. The molecule has 0 atom stereocenters. The number of nitrogen functional groups attached to an aromatic ring is 1. The molecule has 3 nitrogen and oxygen atoms in total. The molecule has 1 aromatic rings. The largest absolute Gasteiger partial charge is 0.416 e. The van der Waals surface area contributed by atoms with Gasteiger partial charge in [-0.05, 0) is 31.0 Å². The highest BCUT2D eigenvalue weighted by molar-refractivity contribution is 5.67. The van der Waals surface area contributed by atoms with Crippen LogP contribution in [0, 0.1) is 0 Å². The van der Waals surface area contributed by atoms with Crippen molar-refractivity contribution in [3.63, 3.8) is 0 Å². The highest BCUT2D eigenvalue weighted by atomic mass is 19.4. The molecule has 6 heteroatoms. The van der Waals surface area contributed by atoms with Gasteiger partial charge < -0.3 is 15.8 Å². The van der Waals surface area contributed by atoms with Gasteiger partial charge in [0.1, 0.15) is 0 Å². The Bertz CT molecular complexity index is 408. The molecule has 0 heterocycles. The summed E-state index contributed by atoms with van der Waals surface area (Å²) in [4.78, 5) is 0. The van der Waals surface area contributed by atoms with Crippen molar-refractivity contribution in [2.24, 2.45) is 0 Å². The Labute approximate surface area is 117 Å². The first-order chi connectivity index (χ1) is 9.45. The van der Waals surface area contributed by atoms with E-state index >= 15 is 0 Å². The third kappa shape index (κ3) is 5.69. The number of halogens is 3. The van der Waals surface area contributed by atoms with Crippen LogP contribution in [0.15, 0.2) is 18.2 Å². The fraction of sp³-hybridized carbons (Fsp3) is 0.571. The van der Waals surface area contributed by atoms with Gasteiger partial charge in [-0.15, -0.1) is 0 Å².